The molecule has 0 bridgehead atoms. The normalized spacial score (nSPS) is 11.7. The summed E-state index contributed by atoms with van der Waals surface area (Å²) in [7, 11) is 1.02. The molecule has 18 heavy (non-hydrogen) atoms. The molecule has 0 atom stereocenters. The first kappa shape index (κ1) is 14.8. The lowest BCUT2D eigenvalue weighted by Gasteiger charge is -2.23. The van der Waals surface area contributed by atoms with Crippen LogP contribution in [0.3, 0.4) is 0 Å². The lowest BCUT2D eigenvalue weighted by atomic mass is 10.2. The molecule has 1 aromatic carbocycles. The average molecular weight is 284 g/mol. The van der Waals surface area contributed by atoms with Gasteiger partial charge in [-0.15, -0.1) is 0 Å². The number of carbonyl (C=O) groups excluding carboxylic acids is 1. The highest BCUT2D eigenvalue weighted by atomic mass is 35.5. The van der Waals surface area contributed by atoms with Gasteiger partial charge in [0.1, 0.15) is 0 Å². The second-order valence-corrected chi connectivity index (χ2v) is 4.08. The molecule has 0 spiro atoms. The third-order valence-electron chi connectivity index (χ3n) is 2.27. The Bertz CT molecular complexity index is 439. The van der Waals surface area contributed by atoms with Crippen molar-refractivity contribution < 1.29 is 22.4 Å². The summed E-state index contributed by atoms with van der Waals surface area (Å²) in [4.78, 5) is 11.7. The summed E-state index contributed by atoms with van der Waals surface area (Å²) in [6.07, 6.45) is -4.03. The molecule has 0 aliphatic heterocycles. The lowest BCUT2D eigenvalue weighted by Crippen LogP contribution is -2.45. The first-order valence-electron chi connectivity index (χ1n) is 4.91. The molecule has 2 nitrogen and oxygen atoms in total. The summed E-state index contributed by atoms with van der Waals surface area (Å²) >= 11 is 5.78. The number of carbonyl (C=O) groups is 1. The van der Waals surface area contributed by atoms with Crippen LogP contribution in [0.15, 0.2) is 24.3 Å². The quantitative estimate of drug-likeness (QED) is 0.777. The molecular weight excluding hydrogens is 274 g/mol. The van der Waals surface area contributed by atoms with Crippen molar-refractivity contribution in [3.8, 4) is 0 Å². The van der Waals surface area contributed by atoms with Crippen molar-refractivity contribution in [1.29, 1.82) is 0 Å². The van der Waals surface area contributed by atoms with Gasteiger partial charge in [0.05, 0.1) is 0 Å². The molecule has 0 aromatic heterocycles. The van der Waals surface area contributed by atoms with Crippen LogP contribution in [0.1, 0.15) is 5.56 Å². The molecule has 0 saturated heterocycles. The molecule has 7 heteroatoms. The van der Waals surface area contributed by atoms with E-state index in [0.717, 1.165) is 7.05 Å². The van der Waals surface area contributed by atoms with E-state index in [-0.39, 0.29) is 11.6 Å². The number of rotatable bonds is 4. The molecule has 0 aliphatic carbocycles. The minimum Gasteiger partial charge on any atom is -0.336 e. The van der Waals surface area contributed by atoms with Gasteiger partial charge in [0.15, 0.2) is 0 Å². The first-order chi connectivity index (χ1) is 8.26. The van der Waals surface area contributed by atoms with Crippen LogP contribution in [0.4, 0.5) is 17.6 Å². The Hall–Kier alpha value is -1.30. The smallest absolute Gasteiger partial charge is 0.336 e. The van der Waals surface area contributed by atoms with E-state index >= 15 is 0 Å². The van der Waals surface area contributed by atoms with Crippen molar-refractivity contribution in [1.82, 2.24) is 4.90 Å². The molecule has 0 radical (unpaired) electrons. The Morgan fingerprint density at radius 2 is 1.94 bits per heavy atom. The fourth-order valence-electron chi connectivity index (χ4n) is 1.30. The third-order valence-corrected chi connectivity index (χ3v) is 2.64. The van der Waals surface area contributed by atoms with Crippen molar-refractivity contribution in [3.05, 3.63) is 34.9 Å². The summed E-state index contributed by atoms with van der Waals surface area (Å²) in [5.41, 5.74) is 0.403. The van der Waals surface area contributed by atoms with Crippen molar-refractivity contribution in [2.24, 2.45) is 0 Å². The van der Waals surface area contributed by atoms with Crippen molar-refractivity contribution >= 4 is 17.5 Å². The van der Waals surface area contributed by atoms with Crippen LogP contribution >= 0.6 is 11.6 Å². The maximum atomic E-state index is 12.8. The molecule has 0 fully saturated rings. The Kier molecular flexibility index (Phi) is 4.56. The van der Waals surface area contributed by atoms with Gasteiger partial charge in [0.2, 0.25) is 0 Å². The van der Waals surface area contributed by atoms with Crippen molar-refractivity contribution in [2.45, 2.75) is 18.9 Å². The number of benzene rings is 1. The highest BCUT2D eigenvalue weighted by molar-refractivity contribution is 6.31. The minimum absolute atomic E-state index is 0.263. The molecule has 0 saturated carbocycles. The van der Waals surface area contributed by atoms with E-state index in [1.807, 2.05) is 0 Å². The largest absolute Gasteiger partial charge is 0.383 e. The van der Waals surface area contributed by atoms with Crippen LogP contribution in [-0.4, -0.2) is 30.2 Å². The Morgan fingerprint density at radius 1 is 1.39 bits per heavy atom. The maximum absolute atomic E-state index is 12.8. The van der Waals surface area contributed by atoms with Crippen LogP contribution < -0.4 is 0 Å². The fraction of sp³-hybridized carbons (Fsp3) is 0.364. The van der Waals surface area contributed by atoms with Crippen LogP contribution in [0.25, 0.3) is 0 Å². The number of alkyl halides is 4. The lowest BCUT2D eigenvalue weighted by molar-refractivity contribution is -0.179. The van der Waals surface area contributed by atoms with E-state index in [4.69, 9.17) is 11.6 Å². The molecule has 1 rings (SSSR count). The molecule has 0 heterocycles. The number of halogens is 5. The van der Waals surface area contributed by atoms with Gasteiger partial charge in [-0.3, -0.25) is 4.79 Å². The molecule has 0 aliphatic rings. The van der Waals surface area contributed by atoms with E-state index in [2.05, 4.69) is 0 Å². The van der Waals surface area contributed by atoms with Crippen molar-refractivity contribution in [3.63, 3.8) is 0 Å². The molecule has 1 amide bonds. The van der Waals surface area contributed by atoms with Crippen LogP contribution in [0.2, 0.25) is 5.02 Å². The number of amides is 1. The Balaban J connectivity index is 2.81. The van der Waals surface area contributed by atoms with Gasteiger partial charge in [0.25, 0.3) is 5.91 Å². The standard InChI is InChI=1S/C11H10ClF4NO/c1-17(10(18)11(15,16)9(13)14)6-7-4-2-3-5-8(7)12/h2-5,9H,6H2,1H3. The van der Waals surface area contributed by atoms with Crippen LogP contribution in [-0.2, 0) is 11.3 Å². The molecular formula is C11H10ClF4NO. The first-order valence-corrected chi connectivity index (χ1v) is 5.29. The number of nitrogens with zero attached hydrogens (tertiary/aromatic N) is 1. The predicted octanol–water partition coefficient (Wildman–Crippen LogP) is 3.20. The van der Waals surface area contributed by atoms with Gasteiger partial charge in [-0.2, -0.15) is 8.78 Å². The second kappa shape index (κ2) is 5.56. The average Bonchev–Trinajstić information content (AvgIpc) is 2.30. The van der Waals surface area contributed by atoms with Gasteiger partial charge in [-0.25, -0.2) is 8.78 Å². The Morgan fingerprint density at radius 3 is 2.44 bits per heavy atom. The fourth-order valence-corrected chi connectivity index (χ4v) is 1.50. The van der Waals surface area contributed by atoms with Crippen LogP contribution in [0.5, 0.6) is 0 Å². The topological polar surface area (TPSA) is 20.3 Å². The monoisotopic (exact) mass is 283 g/mol. The van der Waals surface area contributed by atoms with E-state index in [1.165, 1.54) is 12.1 Å². The van der Waals surface area contributed by atoms with E-state index in [1.54, 1.807) is 12.1 Å². The molecule has 0 unspecified atom stereocenters. The van der Waals surface area contributed by atoms with Gasteiger partial charge in [-0.05, 0) is 11.6 Å². The molecule has 0 N–H and O–H groups in total. The zero-order chi connectivity index (χ0) is 13.9. The zero-order valence-electron chi connectivity index (χ0n) is 9.34. The SMILES string of the molecule is CN(Cc1ccccc1Cl)C(=O)C(F)(F)C(F)F. The van der Waals surface area contributed by atoms with Gasteiger partial charge >= 0.3 is 12.3 Å². The predicted molar refractivity (Wildman–Crippen MR) is 58.9 cm³/mol. The van der Waals surface area contributed by atoms with Gasteiger partial charge < -0.3 is 4.90 Å². The highest BCUT2D eigenvalue weighted by Gasteiger charge is 2.50. The molecule has 1 aromatic rings. The van der Waals surface area contributed by atoms with Crippen LogP contribution in [0, 0.1) is 0 Å². The van der Waals surface area contributed by atoms with Crippen molar-refractivity contribution in [2.75, 3.05) is 7.05 Å². The summed E-state index contributed by atoms with van der Waals surface area (Å²) in [5, 5.41) is 0.275. The highest BCUT2D eigenvalue weighted by Crippen LogP contribution is 2.26. The van der Waals surface area contributed by atoms with E-state index in [9.17, 15) is 22.4 Å². The number of hydrogen-bond acceptors (Lipinski definition) is 1. The summed E-state index contributed by atoms with van der Waals surface area (Å²) in [6, 6.07) is 6.26. The van der Waals surface area contributed by atoms with E-state index < -0.39 is 18.3 Å². The summed E-state index contributed by atoms with van der Waals surface area (Å²) in [5.74, 6) is -6.62. The maximum Gasteiger partial charge on any atom is 0.383 e. The zero-order valence-corrected chi connectivity index (χ0v) is 10.1. The minimum atomic E-state index is -4.68. The second-order valence-electron chi connectivity index (χ2n) is 3.68. The molecule has 100 valence electrons. The summed E-state index contributed by atoms with van der Waals surface area (Å²) in [6.45, 7) is -0.263. The van der Waals surface area contributed by atoms with E-state index in [0.29, 0.717) is 10.5 Å². The van der Waals surface area contributed by atoms with Gasteiger partial charge in [-0.1, -0.05) is 29.8 Å². The number of hydrogen-bond donors (Lipinski definition) is 0. The Labute approximate surface area is 106 Å². The van der Waals surface area contributed by atoms with Gasteiger partial charge in [0, 0.05) is 18.6 Å². The third kappa shape index (κ3) is 3.13. The summed E-state index contributed by atoms with van der Waals surface area (Å²) < 4.78 is 49.7.